The van der Waals surface area contributed by atoms with Gasteiger partial charge in [0.25, 0.3) is 0 Å². The van der Waals surface area contributed by atoms with E-state index >= 15 is 0 Å². The molecule has 3 aromatic rings. The van der Waals surface area contributed by atoms with Gasteiger partial charge < -0.3 is 34.6 Å². The Balaban J connectivity index is 1.24. The minimum absolute atomic E-state index is 0.416. The van der Waals surface area contributed by atoms with Crippen LogP contribution < -0.4 is 9.47 Å². The lowest BCUT2D eigenvalue weighted by molar-refractivity contribution is -0.231. The van der Waals surface area contributed by atoms with Gasteiger partial charge in [0.05, 0.1) is 6.61 Å². The zero-order valence-electron chi connectivity index (χ0n) is 20.5. The van der Waals surface area contributed by atoms with Gasteiger partial charge >= 0.3 is 0 Å². The summed E-state index contributed by atoms with van der Waals surface area (Å²) in [5.74, 6) is 1.65. The summed E-state index contributed by atoms with van der Waals surface area (Å²) in [6, 6.07) is 21.0. The monoisotopic (exact) mass is 526 g/mol. The Morgan fingerprint density at radius 3 is 2.46 bits per heavy atom. The highest BCUT2D eigenvalue weighted by Gasteiger charge is 2.44. The molecule has 0 aromatic heterocycles. The fraction of sp³-hybridized carbons (Fsp3) is 0.379. The largest absolute Gasteiger partial charge is 0.489 e. The number of fused-ring (bicyclic) bond motifs is 1. The average Bonchev–Trinajstić information content (AvgIpc) is 3.25. The van der Waals surface area contributed by atoms with E-state index in [2.05, 4.69) is 6.07 Å². The van der Waals surface area contributed by atoms with Crippen molar-refractivity contribution in [3.63, 3.8) is 0 Å². The number of halogens is 1. The van der Waals surface area contributed by atoms with Gasteiger partial charge in [-0.15, -0.1) is 0 Å². The molecule has 8 heteroatoms. The van der Waals surface area contributed by atoms with Crippen molar-refractivity contribution in [3.8, 4) is 11.5 Å². The average molecular weight is 527 g/mol. The number of aliphatic hydroxyl groups excluding tert-OH is 4. The van der Waals surface area contributed by atoms with Gasteiger partial charge in [-0.2, -0.15) is 0 Å². The fourth-order valence-electron chi connectivity index (χ4n) is 4.98. The molecule has 0 spiro atoms. The minimum Gasteiger partial charge on any atom is -0.489 e. The molecule has 0 aliphatic carbocycles. The van der Waals surface area contributed by atoms with E-state index in [0.717, 1.165) is 29.0 Å². The quantitative estimate of drug-likeness (QED) is 0.374. The number of para-hydroxylation sites is 1. The van der Waals surface area contributed by atoms with E-state index in [1.54, 1.807) is 12.1 Å². The number of benzene rings is 3. The predicted molar refractivity (Wildman–Crippen MR) is 138 cm³/mol. The molecule has 1 saturated heterocycles. The van der Waals surface area contributed by atoms with Gasteiger partial charge in [0.1, 0.15) is 54.2 Å². The Morgan fingerprint density at radius 2 is 1.73 bits per heavy atom. The third-order valence-corrected chi connectivity index (χ3v) is 7.41. The maximum Gasteiger partial charge on any atom is 0.144 e. The molecule has 1 unspecified atom stereocenters. The molecular weight excluding hydrogens is 496 g/mol. The van der Waals surface area contributed by atoms with Crippen LogP contribution in [-0.2, 0) is 17.6 Å². The predicted octanol–water partition coefficient (Wildman–Crippen LogP) is 3.22. The lowest BCUT2D eigenvalue weighted by atomic mass is 9.90. The molecular formula is C29H31ClO7. The Morgan fingerprint density at radius 1 is 0.973 bits per heavy atom. The molecule has 0 amide bonds. The molecule has 2 heterocycles. The van der Waals surface area contributed by atoms with Crippen molar-refractivity contribution in [1.29, 1.82) is 0 Å². The molecule has 2 aliphatic heterocycles. The van der Waals surface area contributed by atoms with Gasteiger partial charge in [-0.05, 0) is 59.9 Å². The molecule has 196 valence electrons. The van der Waals surface area contributed by atoms with Crippen LogP contribution >= 0.6 is 11.6 Å². The van der Waals surface area contributed by atoms with Crippen molar-refractivity contribution in [1.82, 2.24) is 0 Å². The Labute approximate surface area is 220 Å². The van der Waals surface area contributed by atoms with Crippen LogP contribution in [-0.4, -0.2) is 63.7 Å². The summed E-state index contributed by atoms with van der Waals surface area (Å²) < 4.78 is 17.9. The molecule has 0 radical (unpaired) electrons. The highest BCUT2D eigenvalue weighted by Crippen LogP contribution is 2.36. The van der Waals surface area contributed by atoms with E-state index in [1.807, 2.05) is 55.5 Å². The zero-order chi connectivity index (χ0) is 26.2. The number of aliphatic hydroxyl groups is 4. The smallest absolute Gasteiger partial charge is 0.144 e. The van der Waals surface area contributed by atoms with E-state index < -0.39 is 42.7 Å². The van der Waals surface area contributed by atoms with Gasteiger partial charge in [-0.3, -0.25) is 0 Å². The molecule has 3 aromatic carbocycles. The fourth-order valence-corrected chi connectivity index (χ4v) is 5.16. The number of hydrogen-bond donors (Lipinski definition) is 4. The molecule has 4 N–H and O–H groups in total. The highest BCUT2D eigenvalue weighted by atomic mass is 35.5. The van der Waals surface area contributed by atoms with E-state index in [1.165, 1.54) is 5.56 Å². The van der Waals surface area contributed by atoms with Crippen molar-refractivity contribution >= 4 is 11.6 Å². The molecule has 37 heavy (non-hydrogen) atoms. The van der Waals surface area contributed by atoms with Crippen LogP contribution in [0.1, 0.15) is 35.3 Å². The first kappa shape index (κ1) is 26.0. The van der Waals surface area contributed by atoms with Crippen molar-refractivity contribution in [3.05, 3.63) is 94.0 Å². The summed E-state index contributed by atoms with van der Waals surface area (Å²) in [6.07, 6.45) is -4.74. The van der Waals surface area contributed by atoms with Crippen LogP contribution in [0.5, 0.6) is 11.5 Å². The van der Waals surface area contributed by atoms with E-state index in [-0.39, 0.29) is 0 Å². The van der Waals surface area contributed by atoms with Crippen LogP contribution in [0.2, 0.25) is 5.02 Å². The van der Waals surface area contributed by atoms with Crippen molar-refractivity contribution < 1.29 is 34.6 Å². The van der Waals surface area contributed by atoms with Gasteiger partial charge in [-0.25, -0.2) is 0 Å². The van der Waals surface area contributed by atoms with Gasteiger partial charge in [0.15, 0.2) is 0 Å². The second-order valence-corrected chi connectivity index (χ2v) is 10.5. The number of ether oxygens (including phenoxy) is 3. The number of rotatable bonds is 7. The van der Waals surface area contributed by atoms with Gasteiger partial charge in [0, 0.05) is 11.4 Å². The molecule has 1 fully saturated rings. The SMILES string of the molecule is CC1(COc2ccc(Cc3cc([C@@H]4O[C@H](CO)[C@@H](O)[C@H](O)[C@H]4O)ccc3Cl)cc2)Cc2ccccc2O1. The second kappa shape index (κ2) is 10.6. The van der Waals surface area contributed by atoms with E-state index in [0.29, 0.717) is 23.6 Å². The summed E-state index contributed by atoms with van der Waals surface area (Å²) in [5, 5.41) is 40.7. The lowest BCUT2D eigenvalue weighted by Crippen LogP contribution is -2.55. The maximum atomic E-state index is 10.5. The Hall–Kier alpha value is -2.65. The second-order valence-electron chi connectivity index (χ2n) is 10.0. The minimum atomic E-state index is -1.44. The maximum absolute atomic E-state index is 10.5. The molecule has 0 bridgehead atoms. The van der Waals surface area contributed by atoms with Crippen molar-refractivity contribution in [2.45, 2.75) is 55.9 Å². The third kappa shape index (κ3) is 5.48. The normalized spacial score (nSPS) is 29.0. The van der Waals surface area contributed by atoms with E-state index in [9.17, 15) is 20.4 Å². The molecule has 6 atom stereocenters. The van der Waals surface area contributed by atoms with Crippen LogP contribution in [0.4, 0.5) is 0 Å². The Kier molecular flexibility index (Phi) is 7.45. The Bertz CT molecular complexity index is 1200. The summed E-state index contributed by atoms with van der Waals surface area (Å²) >= 11 is 6.47. The molecule has 0 saturated carbocycles. The first-order valence-corrected chi connectivity index (χ1v) is 12.7. The van der Waals surface area contributed by atoms with E-state index in [4.69, 9.17) is 25.8 Å². The third-order valence-electron chi connectivity index (χ3n) is 7.05. The highest BCUT2D eigenvalue weighted by molar-refractivity contribution is 6.31. The summed E-state index contributed by atoms with van der Waals surface area (Å²) in [5.41, 5.74) is 3.19. The van der Waals surface area contributed by atoms with Gasteiger partial charge in [0.2, 0.25) is 0 Å². The van der Waals surface area contributed by atoms with Crippen molar-refractivity contribution in [2.24, 2.45) is 0 Å². The standard InChI is InChI=1S/C29H31ClO7/c1-29(14-19-4-2-3-5-23(19)37-29)16-35-21-9-6-17(7-10-21)12-20-13-18(8-11-22(20)30)28-27(34)26(33)25(32)24(15-31)36-28/h2-11,13,24-28,31-34H,12,14-16H2,1H3/t24-,25-,26+,27-,28+,29?/m1/s1. The lowest BCUT2D eigenvalue weighted by Gasteiger charge is -2.40. The zero-order valence-corrected chi connectivity index (χ0v) is 21.2. The topological polar surface area (TPSA) is 109 Å². The van der Waals surface area contributed by atoms with Crippen LogP contribution in [0.3, 0.4) is 0 Å². The molecule has 7 nitrogen and oxygen atoms in total. The van der Waals surface area contributed by atoms with Gasteiger partial charge in [-0.1, -0.05) is 54.1 Å². The van der Waals surface area contributed by atoms with Crippen LogP contribution in [0, 0.1) is 0 Å². The van der Waals surface area contributed by atoms with Crippen molar-refractivity contribution in [2.75, 3.05) is 13.2 Å². The summed E-state index contributed by atoms with van der Waals surface area (Å²) in [4.78, 5) is 0. The summed E-state index contributed by atoms with van der Waals surface area (Å²) in [7, 11) is 0. The summed E-state index contributed by atoms with van der Waals surface area (Å²) in [6.45, 7) is 1.99. The first-order valence-electron chi connectivity index (χ1n) is 12.3. The first-order chi connectivity index (χ1) is 17.8. The van der Waals surface area contributed by atoms with Crippen LogP contribution in [0.25, 0.3) is 0 Å². The number of hydrogen-bond acceptors (Lipinski definition) is 7. The molecule has 2 aliphatic rings. The molecule has 5 rings (SSSR count). The van der Waals surface area contributed by atoms with Crippen LogP contribution in [0.15, 0.2) is 66.7 Å².